The first kappa shape index (κ1) is 28.1. The summed E-state index contributed by atoms with van der Waals surface area (Å²) in [4.78, 5) is 71.6. The van der Waals surface area contributed by atoms with Crippen molar-refractivity contribution in [2.24, 2.45) is 0 Å². The number of ether oxygens (including phenoxy) is 1. The van der Waals surface area contributed by atoms with Crippen LogP contribution in [0.1, 0.15) is 67.6 Å². The number of hydrogen-bond acceptors (Lipinski definition) is 10. The number of ketones is 5. The summed E-state index contributed by atoms with van der Waals surface area (Å²) in [6.07, 6.45) is 0.365. The molecule has 0 fully saturated rings. The molecule has 10 nitrogen and oxygen atoms in total. The van der Waals surface area contributed by atoms with Gasteiger partial charge in [-0.25, -0.2) is 13.2 Å². The molecule has 0 aliphatic rings. The minimum Gasteiger partial charge on any atom is -0.744 e. The normalized spacial score (nSPS) is 11.2. The maximum absolute atomic E-state index is 12.7. The Kier molecular flexibility index (Phi) is 9.42. The summed E-state index contributed by atoms with van der Waals surface area (Å²) in [6, 6.07) is 8.08. The lowest BCUT2D eigenvalue weighted by atomic mass is 9.97. The van der Waals surface area contributed by atoms with Gasteiger partial charge in [0.1, 0.15) is 10.1 Å². The van der Waals surface area contributed by atoms with Crippen molar-refractivity contribution >= 4 is 45.0 Å². The third-order valence-electron chi connectivity index (χ3n) is 4.95. The van der Waals surface area contributed by atoms with Gasteiger partial charge in [-0.3, -0.25) is 24.0 Å². The molecule has 0 unspecified atom stereocenters. The summed E-state index contributed by atoms with van der Waals surface area (Å²) >= 11 is 0. The van der Waals surface area contributed by atoms with Crippen molar-refractivity contribution in [3.05, 3.63) is 76.9 Å². The highest BCUT2D eigenvalue weighted by Gasteiger charge is 2.20. The molecule has 188 valence electrons. The molecule has 0 heterocycles. The lowest BCUT2D eigenvalue weighted by Crippen LogP contribution is -2.13. The van der Waals surface area contributed by atoms with E-state index in [4.69, 9.17) is 0 Å². The molecule has 0 amide bonds. The van der Waals surface area contributed by atoms with Crippen LogP contribution >= 0.6 is 0 Å². The number of benzene rings is 2. The van der Waals surface area contributed by atoms with E-state index in [-0.39, 0.29) is 23.3 Å². The maximum Gasteiger partial charge on any atom is 0.330 e. The number of Topliss-reactive ketones (excluding diaryl/α,β-unsaturated/α-hetero) is 4. The number of methoxy groups -OCH3 is 1. The summed E-state index contributed by atoms with van der Waals surface area (Å²) in [5.74, 6) is -4.20. The third-order valence-corrected chi connectivity index (χ3v) is 5.76. The Morgan fingerprint density at radius 1 is 0.750 bits per heavy atom. The van der Waals surface area contributed by atoms with E-state index in [0.29, 0.717) is 5.56 Å². The molecule has 0 aliphatic heterocycles. The molecule has 0 aliphatic carbocycles. The second kappa shape index (κ2) is 12.0. The predicted octanol–water partition coefficient (Wildman–Crippen LogP) is 2.51. The number of carbonyl (C=O) groups is 6. The van der Waals surface area contributed by atoms with Crippen LogP contribution in [0.15, 0.2) is 59.5 Å². The van der Waals surface area contributed by atoms with Crippen molar-refractivity contribution in [2.75, 3.05) is 7.11 Å². The van der Waals surface area contributed by atoms with E-state index in [1.807, 2.05) is 0 Å². The highest BCUT2D eigenvalue weighted by atomic mass is 32.2. The van der Waals surface area contributed by atoms with Crippen LogP contribution in [0.3, 0.4) is 0 Å². The summed E-state index contributed by atoms with van der Waals surface area (Å²) < 4.78 is 39.0. The molecule has 2 aromatic carbocycles. The zero-order valence-corrected chi connectivity index (χ0v) is 20.1. The summed E-state index contributed by atoms with van der Waals surface area (Å²) in [7, 11) is -4.01. The van der Waals surface area contributed by atoms with Gasteiger partial charge in [0.25, 0.3) is 0 Å². The minimum atomic E-state index is -5.10. The summed E-state index contributed by atoms with van der Waals surface area (Å²) in [5.41, 5.74) is -0.278. The average molecular weight is 514 g/mol. The molecule has 0 spiro atoms. The van der Waals surface area contributed by atoms with E-state index in [1.165, 1.54) is 24.3 Å². The van der Waals surface area contributed by atoms with Crippen LogP contribution in [0.4, 0.5) is 0 Å². The van der Waals surface area contributed by atoms with Crippen molar-refractivity contribution in [2.45, 2.75) is 31.1 Å². The Balaban J connectivity index is 2.29. The van der Waals surface area contributed by atoms with Gasteiger partial charge in [0.2, 0.25) is 0 Å². The van der Waals surface area contributed by atoms with Crippen molar-refractivity contribution in [1.82, 2.24) is 0 Å². The van der Waals surface area contributed by atoms with Crippen molar-refractivity contribution in [3.63, 3.8) is 0 Å². The predicted molar refractivity (Wildman–Crippen MR) is 124 cm³/mol. The number of carbonyl (C=O) groups excluding carboxylic acids is 6. The first-order chi connectivity index (χ1) is 16.8. The zero-order valence-electron chi connectivity index (χ0n) is 19.3. The number of esters is 1. The molecule has 0 radical (unpaired) electrons. The highest BCUT2D eigenvalue weighted by molar-refractivity contribution is 7.85. The van der Waals surface area contributed by atoms with Crippen LogP contribution in [0.25, 0.3) is 0 Å². The number of rotatable bonds is 12. The molecule has 0 aromatic heterocycles. The Labute approximate surface area is 206 Å². The monoisotopic (exact) mass is 513 g/mol. The fraction of sp³-hybridized carbons (Fsp3) is 0.200. The van der Waals surface area contributed by atoms with Gasteiger partial charge in [-0.15, -0.1) is 0 Å². The average Bonchev–Trinajstić information content (AvgIpc) is 2.85. The molecule has 11 heteroatoms. The second-order valence-corrected chi connectivity index (χ2v) is 8.88. The zero-order chi connectivity index (χ0) is 27.0. The smallest absolute Gasteiger partial charge is 0.330 e. The summed E-state index contributed by atoms with van der Waals surface area (Å²) in [5, 5.41) is 0. The van der Waals surface area contributed by atoms with Gasteiger partial charge in [0.15, 0.2) is 28.9 Å². The maximum atomic E-state index is 12.7. The second-order valence-electron chi connectivity index (χ2n) is 7.50. The van der Waals surface area contributed by atoms with Gasteiger partial charge < -0.3 is 9.29 Å². The van der Waals surface area contributed by atoms with E-state index in [9.17, 15) is 41.7 Å². The minimum absolute atomic E-state index is 0.128. The van der Waals surface area contributed by atoms with Gasteiger partial charge in [0, 0.05) is 34.8 Å². The van der Waals surface area contributed by atoms with Crippen molar-refractivity contribution in [1.29, 1.82) is 0 Å². The lowest BCUT2D eigenvalue weighted by Gasteiger charge is -2.11. The van der Waals surface area contributed by atoms with Gasteiger partial charge in [-0.1, -0.05) is 31.2 Å². The van der Waals surface area contributed by atoms with Crippen molar-refractivity contribution < 1.29 is 46.5 Å². The fourth-order valence-electron chi connectivity index (χ4n) is 3.01. The topological polar surface area (TPSA) is 169 Å². The van der Waals surface area contributed by atoms with Gasteiger partial charge in [-0.2, -0.15) is 0 Å². The molecule has 36 heavy (non-hydrogen) atoms. The van der Waals surface area contributed by atoms with Crippen LogP contribution < -0.4 is 0 Å². The molecule has 0 saturated heterocycles. The SMILES string of the molecule is CCC(=O)c1ccc(C(=O)CC(=O)c2cc(C(=O)CC(=O)/C=C/C(=O)OC)cc(S(=O)(=O)[O-])c2)cc1. The Morgan fingerprint density at radius 3 is 1.69 bits per heavy atom. The molecular weight excluding hydrogens is 492 g/mol. The quantitative estimate of drug-likeness (QED) is 0.135. The van der Waals surface area contributed by atoms with Crippen LogP contribution in [0, 0.1) is 0 Å². The molecule has 0 saturated carbocycles. The van der Waals surface area contributed by atoms with Crippen LogP contribution in [-0.2, 0) is 24.4 Å². The first-order valence-electron chi connectivity index (χ1n) is 10.5. The standard InChI is InChI=1S/C25H22O10S/c1-3-21(27)15-4-6-16(7-5-15)23(29)14-24(30)18-10-17(11-20(12-18)36(32,33)34)22(28)13-19(26)8-9-25(31)35-2/h4-12H,3,13-14H2,1-2H3,(H,32,33,34)/p-1/b9-8+. The van der Waals surface area contributed by atoms with E-state index in [2.05, 4.69) is 4.74 Å². The Morgan fingerprint density at radius 2 is 1.22 bits per heavy atom. The Hall–Kier alpha value is -4.09. The third kappa shape index (κ3) is 7.72. The van der Waals surface area contributed by atoms with E-state index in [0.717, 1.165) is 37.5 Å². The molecule has 2 rings (SSSR count). The number of allylic oxidation sites excluding steroid dienone is 1. The van der Waals surface area contributed by atoms with Gasteiger partial charge >= 0.3 is 5.97 Å². The van der Waals surface area contributed by atoms with E-state index >= 15 is 0 Å². The fourth-order valence-corrected chi connectivity index (χ4v) is 3.55. The van der Waals surface area contributed by atoms with Crippen LogP contribution in [0.2, 0.25) is 0 Å². The van der Waals surface area contributed by atoms with Gasteiger partial charge in [0.05, 0.1) is 24.8 Å². The van der Waals surface area contributed by atoms with Crippen LogP contribution in [-0.4, -0.2) is 55.0 Å². The van der Waals surface area contributed by atoms with Crippen molar-refractivity contribution in [3.8, 4) is 0 Å². The number of hydrogen-bond donors (Lipinski definition) is 0. The van der Waals surface area contributed by atoms with E-state index in [1.54, 1.807) is 6.92 Å². The molecule has 0 atom stereocenters. The molecule has 0 N–H and O–H groups in total. The highest BCUT2D eigenvalue weighted by Crippen LogP contribution is 2.19. The Bertz CT molecular complexity index is 1370. The first-order valence-corrected chi connectivity index (χ1v) is 11.9. The van der Waals surface area contributed by atoms with Crippen LogP contribution in [0.5, 0.6) is 0 Å². The molecule has 2 aromatic rings. The molecular formula is C25H21O10S-. The molecule has 0 bridgehead atoms. The summed E-state index contributed by atoms with van der Waals surface area (Å²) in [6.45, 7) is 1.68. The van der Waals surface area contributed by atoms with E-state index < -0.39 is 62.5 Å². The van der Waals surface area contributed by atoms with Gasteiger partial charge in [-0.05, 0) is 24.3 Å². The largest absolute Gasteiger partial charge is 0.744 e. The lowest BCUT2D eigenvalue weighted by molar-refractivity contribution is -0.135.